The van der Waals surface area contributed by atoms with Crippen LogP contribution in [0.15, 0.2) is 88.1 Å². The molecule has 5 rings (SSSR count). The Kier molecular flexibility index (Phi) is 4.53. The Morgan fingerprint density at radius 3 is 2.61 bits per heavy atom. The molecule has 1 aliphatic heterocycles. The van der Waals surface area contributed by atoms with Crippen molar-refractivity contribution < 1.29 is 4.42 Å². The molecule has 1 fully saturated rings. The molecule has 0 saturated heterocycles. The van der Waals surface area contributed by atoms with Gasteiger partial charge in [0.25, 0.3) is 0 Å². The third-order valence-corrected chi connectivity index (χ3v) is 5.95. The van der Waals surface area contributed by atoms with Crippen molar-refractivity contribution in [3.05, 3.63) is 94.9 Å². The SMILES string of the molecule is Clc1ccccc1C1C2CCC/C(=C\c3ccco3)C2=NN1c1ccccc1. The van der Waals surface area contributed by atoms with Crippen LogP contribution in [0.1, 0.15) is 36.6 Å². The van der Waals surface area contributed by atoms with Crippen LogP contribution in [-0.2, 0) is 0 Å². The topological polar surface area (TPSA) is 28.7 Å². The summed E-state index contributed by atoms with van der Waals surface area (Å²) in [6.07, 6.45) is 7.12. The molecule has 1 aromatic heterocycles. The molecular weight excluding hydrogens is 368 g/mol. The lowest BCUT2D eigenvalue weighted by Crippen LogP contribution is -2.28. The number of furan rings is 1. The van der Waals surface area contributed by atoms with Crippen LogP contribution in [0, 0.1) is 5.92 Å². The van der Waals surface area contributed by atoms with E-state index in [0.717, 1.165) is 47.0 Å². The number of hydrogen-bond acceptors (Lipinski definition) is 3. The van der Waals surface area contributed by atoms with Gasteiger partial charge in [0.05, 0.1) is 23.7 Å². The van der Waals surface area contributed by atoms with Gasteiger partial charge in [-0.3, -0.25) is 5.01 Å². The Balaban J connectivity index is 1.62. The highest BCUT2D eigenvalue weighted by atomic mass is 35.5. The summed E-state index contributed by atoms with van der Waals surface area (Å²) in [6.45, 7) is 0. The Morgan fingerprint density at radius 1 is 1.00 bits per heavy atom. The molecule has 2 aromatic carbocycles. The van der Waals surface area contributed by atoms with Gasteiger partial charge in [-0.1, -0.05) is 48.0 Å². The molecule has 1 aliphatic carbocycles. The molecule has 140 valence electrons. The summed E-state index contributed by atoms with van der Waals surface area (Å²) in [4.78, 5) is 0. The number of fused-ring (bicyclic) bond motifs is 1. The quantitative estimate of drug-likeness (QED) is 0.497. The Morgan fingerprint density at radius 2 is 1.82 bits per heavy atom. The first-order valence-corrected chi connectivity index (χ1v) is 10.1. The summed E-state index contributed by atoms with van der Waals surface area (Å²) in [6, 6.07) is 22.5. The third-order valence-electron chi connectivity index (χ3n) is 5.61. The van der Waals surface area contributed by atoms with Gasteiger partial charge in [-0.15, -0.1) is 0 Å². The van der Waals surface area contributed by atoms with Crippen LogP contribution < -0.4 is 5.01 Å². The standard InChI is InChI=1S/C24H21ClN2O/c25-22-14-5-4-12-20(22)24-21-13-6-8-17(16-19-11-7-15-28-19)23(21)26-27(24)18-9-2-1-3-10-18/h1-5,7,9-12,14-16,21,24H,6,8,13H2/b17-16+. The van der Waals surface area contributed by atoms with Crippen LogP contribution in [0.5, 0.6) is 0 Å². The maximum atomic E-state index is 6.63. The Labute approximate surface area is 169 Å². The van der Waals surface area contributed by atoms with Gasteiger partial charge >= 0.3 is 0 Å². The summed E-state index contributed by atoms with van der Waals surface area (Å²) in [5, 5.41) is 8.08. The molecule has 2 unspecified atom stereocenters. The molecule has 1 saturated carbocycles. The molecule has 3 aromatic rings. The van der Waals surface area contributed by atoms with Crippen molar-refractivity contribution in [3.8, 4) is 0 Å². The van der Waals surface area contributed by atoms with Gasteiger partial charge in [-0.05, 0) is 66.8 Å². The lowest BCUT2D eigenvalue weighted by molar-refractivity contribution is 0.487. The smallest absolute Gasteiger partial charge is 0.126 e. The molecular formula is C24H21ClN2O. The molecule has 0 bridgehead atoms. The monoisotopic (exact) mass is 388 g/mol. The van der Waals surface area contributed by atoms with Gasteiger partial charge in [0, 0.05) is 10.9 Å². The van der Waals surface area contributed by atoms with Crippen LogP contribution in [0.2, 0.25) is 5.02 Å². The average molecular weight is 389 g/mol. The maximum Gasteiger partial charge on any atom is 0.126 e. The number of hydrazone groups is 1. The number of anilines is 1. The summed E-state index contributed by atoms with van der Waals surface area (Å²) < 4.78 is 5.56. The first-order valence-electron chi connectivity index (χ1n) is 9.73. The molecule has 2 atom stereocenters. The van der Waals surface area contributed by atoms with Crippen molar-refractivity contribution in [2.24, 2.45) is 11.0 Å². The van der Waals surface area contributed by atoms with Crippen LogP contribution in [0.25, 0.3) is 6.08 Å². The average Bonchev–Trinajstić information content (AvgIpc) is 3.37. The van der Waals surface area contributed by atoms with E-state index in [-0.39, 0.29) is 6.04 Å². The van der Waals surface area contributed by atoms with E-state index in [0.29, 0.717) is 5.92 Å². The van der Waals surface area contributed by atoms with Crippen LogP contribution in [0.3, 0.4) is 0 Å². The van der Waals surface area contributed by atoms with Crippen LogP contribution in [0.4, 0.5) is 5.69 Å². The van der Waals surface area contributed by atoms with E-state index >= 15 is 0 Å². The van der Waals surface area contributed by atoms with E-state index in [2.05, 4.69) is 47.5 Å². The van der Waals surface area contributed by atoms with Gasteiger partial charge in [0.2, 0.25) is 0 Å². The van der Waals surface area contributed by atoms with E-state index in [1.165, 1.54) is 5.57 Å². The fourth-order valence-electron chi connectivity index (χ4n) is 4.36. The van der Waals surface area contributed by atoms with Gasteiger partial charge in [0.15, 0.2) is 0 Å². The number of halogens is 1. The number of rotatable bonds is 3. The van der Waals surface area contributed by atoms with Crippen molar-refractivity contribution >= 4 is 29.1 Å². The fourth-order valence-corrected chi connectivity index (χ4v) is 4.61. The lowest BCUT2D eigenvalue weighted by Gasteiger charge is -2.31. The highest BCUT2D eigenvalue weighted by molar-refractivity contribution is 6.31. The Bertz CT molecular complexity index is 1020. The van der Waals surface area contributed by atoms with Crippen molar-refractivity contribution in [1.82, 2.24) is 0 Å². The molecule has 28 heavy (non-hydrogen) atoms. The minimum Gasteiger partial charge on any atom is -0.465 e. The van der Waals surface area contributed by atoms with Crippen LogP contribution in [-0.4, -0.2) is 5.71 Å². The summed E-state index contributed by atoms with van der Waals surface area (Å²) in [5.74, 6) is 1.20. The third kappa shape index (κ3) is 3.06. The molecule has 2 heterocycles. The number of hydrogen-bond donors (Lipinski definition) is 0. The van der Waals surface area contributed by atoms with E-state index < -0.39 is 0 Å². The van der Waals surface area contributed by atoms with Gasteiger partial charge in [-0.25, -0.2) is 0 Å². The normalized spacial score (nSPS) is 23.0. The van der Waals surface area contributed by atoms with E-state index in [1.807, 2.05) is 30.3 Å². The first-order chi connectivity index (χ1) is 13.8. The number of para-hydroxylation sites is 1. The molecule has 2 aliphatic rings. The predicted molar refractivity (Wildman–Crippen MR) is 115 cm³/mol. The Hall–Kier alpha value is -2.78. The molecule has 4 heteroatoms. The summed E-state index contributed by atoms with van der Waals surface area (Å²) in [7, 11) is 0. The highest BCUT2D eigenvalue weighted by Crippen LogP contribution is 2.47. The highest BCUT2D eigenvalue weighted by Gasteiger charge is 2.42. The zero-order valence-electron chi connectivity index (χ0n) is 15.5. The largest absolute Gasteiger partial charge is 0.465 e. The lowest BCUT2D eigenvalue weighted by atomic mass is 9.77. The second-order valence-corrected chi connectivity index (χ2v) is 7.72. The summed E-state index contributed by atoms with van der Waals surface area (Å²) in [5.41, 5.74) is 4.65. The summed E-state index contributed by atoms with van der Waals surface area (Å²) >= 11 is 6.63. The van der Waals surface area contributed by atoms with Crippen molar-refractivity contribution in [1.29, 1.82) is 0 Å². The van der Waals surface area contributed by atoms with Crippen LogP contribution >= 0.6 is 11.6 Å². The van der Waals surface area contributed by atoms with Gasteiger partial charge in [0.1, 0.15) is 5.76 Å². The maximum absolute atomic E-state index is 6.63. The number of allylic oxidation sites excluding steroid dienone is 1. The second kappa shape index (κ2) is 7.33. The van der Waals surface area contributed by atoms with Crippen molar-refractivity contribution in [3.63, 3.8) is 0 Å². The van der Waals surface area contributed by atoms with Gasteiger partial charge in [-0.2, -0.15) is 5.10 Å². The zero-order chi connectivity index (χ0) is 18.9. The first kappa shape index (κ1) is 17.3. The second-order valence-electron chi connectivity index (χ2n) is 7.32. The fraction of sp³-hybridized carbons (Fsp3) is 0.208. The van der Waals surface area contributed by atoms with Gasteiger partial charge < -0.3 is 4.42 Å². The molecule has 3 nitrogen and oxygen atoms in total. The molecule has 0 radical (unpaired) electrons. The van der Waals surface area contributed by atoms with E-state index in [1.54, 1.807) is 6.26 Å². The van der Waals surface area contributed by atoms with E-state index in [4.69, 9.17) is 21.1 Å². The number of nitrogens with zero attached hydrogens (tertiary/aromatic N) is 2. The van der Waals surface area contributed by atoms with E-state index in [9.17, 15) is 0 Å². The molecule has 0 amide bonds. The predicted octanol–water partition coefficient (Wildman–Crippen LogP) is 6.73. The van der Waals surface area contributed by atoms with Crippen molar-refractivity contribution in [2.75, 3.05) is 5.01 Å². The molecule has 0 spiro atoms. The van der Waals surface area contributed by atoms with Crippen molar-refractivity contribution in [2.45, 2.75) is 25.3 Å². The number of benzene rings is 2. The minimum atomic E-state index is 0.103. The molecule has 0 N–H and O–H groups in total. The minimum absolute atomic E-state index is 0.103. The zero-order valence-corrected chi connectivity index (χ0v) is 16.2.